The Bertz CT molecular complexity index is 166. The van der Waals surface area contributed by atoms with Crippen LogP contribution in [-0.2, 0) is 0 Å². The minimum absolute atomic E-state index is 0.301. The Kier molecular flexibility index (Phi) is 4.60. The first-order valence-corrected chi connectivity index (χ1v) is 5.00. The molecule has 0 atom stereocenters. The number of oxime groups is 1. The third-order valence-corrected chi connectivity index (χ3v) is 2.35. The van der Waals surface area contributed by atoms with Gasteiger partial charge in [-0.2, -0.15) is 0 Å². The van der Waals surface area contributed by atoms with Crippen LogP contribution in [0, 0.1) is 5.92 Å². The van der Waals surface area contributed by atoms with E-state index in [1.165, 1.54) is 25.7 Å². The fourth-order valence-corrected chi connectivity index (χ4v) is 1.31. The van der Waals surface area contributed by atoms with Crippen molar-refractivity contribution in [1.82, 2.24) is 5.32 Å². The predicted molar refractivity (Wildman–Crippen MR) is 52.9 cm³/mol. The van der Waals surface area contributed by atoms with Crippen molar-refractivity contribution in [3.8, 4) is 0 Å². The van der Waals surface area contributed by atoms with Crippen molar-refractivity contribution < 1.29 is 5.21 Å². The van der Waals surface area contributed by atoms with Crippen LogP contribution in [0.3, 0.4) is 0 Å². The minimum atomic E-state index is 0.301. The van der Waals surface area contributed by atoms with Gasteiger partial charge in [0.2, 0.25) is 0 Å². The fraction of sp³-hybridized carbons (Fsp3) is 0.889. The largest absolute Gasteiger partial charge is 0.409 e. The zero-order chi connectivity index (χ0) is 9.52. The van der Waals surface area contributed by atoms with E-state index in [1.807, 2.05) is 0 Å². The molecular formula is C9H19N3O. The zero-order valence-electron chi connectivity index (χ0n) is 8.00. The van der Waals surface area contributed by atoms with Crippen LogP contribution in [0.15, 0.2) is 5.16 Å². The summed E-state index contributed by atoms with van der Waals surface area (Å²) in [7, 11) is 0. The second kappa shape index (κ2) is 5.80. The standard InChI is InChI=1S/C9H19N3O/c10-9(12-13)5-7-11-6-1-2-8-3-4-8/h8,11,13H,1-7H2,(H2,10,12). The lowest BCUT2D eigenvalue weighted by Crippen LogP contribution is -2.23. The minimum Gasteiger partial charge on any atom is -0.409 e. The summed E-state index contributed by atoms with van der Waals surface area (Å²) in [6.07, 6.45) is 6.10. The third kappa shape index (κ3) is 5.47. The molecule has 1 aliphatic rings. The van der Waals surface area contributed by atoms with Crippen molar-refractivity contribution in [2.75, 3.05) is 13.1 Å². The van der Waals surface area contributed by atoms with Crippen LogP contribution >= 0.6 is 0 Å². The van der Waals surface area contributed by atoms with Gasteiger partial charge in [-0.05, 0) is 25.3 Å². The van der Waals surface area contributed by atoms with Gasteiger partial charge >= 0.3 is 0 Å². The van der Waals surface area contributed by atoms with Crippen LogP contribution < -0.4 is 11.1 Å². The maximum Gasteiger partial charge on any atom is 0.140 e. The first kappa shape index (κ1) is 10.3. The van der Waals surface area contributed by atoms with Crippen LogP contribution in [0.25, 0.3) is 0 Å². The Morgan fingerprint density at radius 1 is 1.46 bits per heavy atom. The van der Waals surface area contributed by atoms with Crippen molar-refractivity contribution in [1.29, 1.82) is 0 Å². The molecule has 0 spiro atoms. The molecule has 4 N–H and O–H groups in total. The van der Waals surface area contributed by atoms with Crippen molar-refractivity contribution in [2.24, 2.45) is 16.8 Å². The van der Waals surface area contributed by atoms with Gasteiger partial charge in [0.1, 0.15) is 5.84 Å². The Morgan fingerprint density at radius 2 is 2.23 bits per heavy atom. The Balaban J connectivity index is 1.77. The van der Waals surface area contributed by atoms with Gasteiger partial charge in [0, 0.05) is 13.0 Å². The molecule has 0 aromatic rings. The average Bonchev–Trinajstić information content (AvgIpc) is 2.94. The topological polar surface area (TPSA) is 70.6 Å². The van der Waals surface area contributed by atoms with E-state index in [2.05, 4.69) is 10.5 Å². The molecule has 0 aliphatic heterocycles. The van der Waals surface area contributed by atoms with Gasteiger partial charge in [0.25, 0.3) is 0 Å². The van der Waals surface area contributed by atoms with E-state index in [0.717, 1.165) is 19.0 Å². The molecule has 76 valence electrons. The molecule has 4 nitrogen and oxygen atoms in total. The Hall–Kier alpha value is -0.770. The van der Waals surface area contributed by atoms with Gasteiger partial charge in [-0.3, -0.25) is 0 Å². The molecule has 1 fully saturated rings. The summed E-state index contributed by atoms with van der Waals surface area (Å²) < 4.78 is 0. The highest BCUT2D eigenvalue weighted by Gasteiger charge is 2.19. The van der Waals surface area contributed by atoms with Crippen LogP contribution in [0.5, 0.6) is 0 Å². The van der Waals surface area contributed by atoms with Crippen LogP contribution in [0.1, 0.15) is 32.1 Å². The van der Waals surface area contributed by atoms with E-state index in [1.54, 1.807) is 0 Å². The first-order chi connectivity index (χ1) is 6.33. The van der Waals surface area contributed by atoms with Crippen molar-refractivity contribution in [2.45, 2.75) is 32.1 Å². The maximum atomic E-state index is 8.25. The molecule has 0 unspecified atom stereocenters. The van der Waals surface area contributed by atoms with Crippen LogP contribution in [-0.4, -0.2) is 24.1 Å². The molecule has 13 heavy (non-hydrogen) atoms. The summed E-state index contributed by atoms with van der Waals surface area (Å²) >= 11 is 0. The van der Waals surface area contributed by atoms with E-state index in [0.29, 0.717) is 12.3 Å². The number of hydrogen-bond acceptors (Lipinski definition) is 3. The molecule has 0 saturated heterocycles. The molecule has 1 rings (SSSR count). The van der Waals surface area contributed by atoms with Gasteiger partial charge in [-0.15, -0.1) is 0 Å². The third-order valence-electron chi connectivity index (χ3n) is 2.35. The SMILES string of the molecule is NC(CCNCCCC1CC1)=NO. The zero-order valence-corrected chi connectivity index (χ0v) is 8.00. The van der Waals surface area contributed by atoms with E-state index in [-0.39, 0.29) is 0 Å². The monoisotopic (exact) mass is 185 g/mol. The summed E-state index contributed by atoms with van der Waals surface area (Å²) in [6, 6.07) is 0. The van der Waals surface area contributed by atoms with Gasteiger partial charge < -0.3 is 16.3 Å². The Morgan fingerprint density at radius 3 is 2.85 bits per heavy atom. The molecule has 1 aliphatic carbocycles. The quantitative estimate of drug-likeness (QED) is 0.181. The van der Waals surface area contributed by atoms with Gasteiger partial charge in [-0.25, -0.2) is 0 Å². The lowest BCUT2D eigenvalue weighted by molar-refractivity contribution is 0.316. The second-order valence-electron chi connectivity index (χ2n) is 3.68. The van der Waals surface area contributed by atoms with Gasteiger partial charge in [0.15, 0.2) is 0 Å². The number of amidine groups is 1. The lowest BCUT2D eigenvalue weighted by Gasteiger charge is -2.02. The molecule has 0 amide bonds. The summed E-state index contributed by atoms with van der Waals surface area (Å²) in [6.45, 7) is 1.86. The summed E-state index contributed by atoms with van der Waals surface area (Å²) in [5.41, 5.74) is 5.31. The fourth-order valence-electron chi connectivity index (χ4n) is 1.31. The highest BCUT2D eigenvalue weighted by molar-refractivity contribution is 5.79. The molecule has 1 saturated carbocycles. The van der Waals surface area contributed by atoms with E-state index < -0.39 is 0 Å². The lowest BCUT2D eigenvalue weighted by atomic mass is 10.2. The van der Waals surface area contributed by atoms with Crippen molar-refractivity contribution in [3.05, 3.63) is 0 Å². The number of nitrogens with one attached hydrogen (secondary N) is 1. The van der Waals surface area contributed by atoms with Crippen LogP contribution in [0.2, 0.25) is 0 Å². The van der Waals surface area contributed by atoms with E-state index >= 15 is 0 Å². The molecule has 0 bridgehead atoms. The normalized spacial score (nSPS) is 17.7. The summed E-state index contributed by atoms with van der Waals surface area (Å²) in [5, 5.41) is 14.4. The number of hydrogen-bond donors (Lipinski definition) is 3. The van der Waals surface area contributed by atoms with Crippen LogP contribution in [0.4, 0.5) is 0 Å². The first-order valence-electron chi connectivity index (χ1n) is 5.00. The second-order valence-corrected chi connectivity index (χ2v) is 3.68. The highest BCUT2D eigenvalue weighted by Crippen LogP contribution is 2.33. The average molecular weight is 185 g/mol. The number of rotatable bonds is 7. The predicted octanol–water partition coefficient (Wildman–Crippen LogP) is 0.903. The smallest absolute Gasteiger partial charge is 0.140 e. The van der Waals surface area contributed by atoms with Gasteiger partial charge in [0.05, 0.1) is 0 Å². The van der Waals surface area contributed by atoms with Gasteiger partial charge in [-0.1, -0.05) is 18.0 Å². The molecule has 4 heteroatoms. The molecular weight excluding hydrogens is 166 g/mol. The summed E-state index contributed by atoms with van der Waals surface area (Å²) in [5.74, 6) is 1.32. The van der Waals surface area contributed by atoms with Crippen molar-refractivity contribution in [3.63, 3.8) is 0 Å². The maximum absolute atomic E-state index is 8.25. The molecule has 0 heterocycles. The number of nitrogens with zero attached hydrogens (tertiary/aromatic N) is 1. The molecule has 0 radical (unpaired) electrons. The van der Waals surface area contributed by atoms with E-state index in [9.17, 15) is 0 Å². The Labute approximate surface area is 79.2 Å². The van der Waals surface area contributed by atoms with Crippen molar-refractivity contribution >= 4 is 5.84 Å². The molecule has 0 aromatic carbocycles. The number of nitrogens with two attached hydrogens (primary N) is 1. The summed E-state index contributed by atoms with van der Waals surface area (Å²) in [4.78, 5) is 0. The molecule has 0 aromatic heterocycles. The van der Waals surface area contributed by atoms with E-state index in [4.69, 9.17) is 10.9 Å². The highest BCUT2D eigenvalue weighted by atomic mass is 16.4.